The first-order chi connectivity index (χ1) is 14.5. The van der Waals surface area contributed by atoms with Crippen molar-refractivity contribution in [3.63, 3.8) is 0 Å². The smallest absolute Gasteiger partial charge is 0.232 e. The summed E-state index contributed by atoms with van der Waals surface area (Å²) < 4.78 is 30.9. The molecule has 0 aromatic heterocycles. The number of nitrogens with one attached hydrogen (secondary N) is 1. The monoisotopic (exact) mass is 446 g/mol. The molecule has 1 atom stereocenters. The molecular weight excluding hydrogens is 412 g/mol. The van der Waals surface area contributed by atoms with Crippen LogP contribution < -0.4 is 14.4 Å². The molecule has 0 spiro atoms. The highest BCUT2D eigenvalue weighted by atomic mass is 32.2. The van der Waals surface area contributed by atoms with Gasteiger partial charge in [0.1, 0.15) is 5.75 Å². The van der Waals surface area contributed by atoms with Crippen molar-refractivity contribution in [1.29, 1.82) is 0 Å². The van der Waals surface area contributed by atoms with Crippen LogP contribution in [0.1, 0.15) is 45.6 Å². The van der Waals surface area contributed by atoms with Crippen LogP contribution in [0.2, 0.25) is 0 Å². The number of rotatable bonds is 11. The summed E-state index contributed by atoms with van der Waals surface area (Å²) in [4.78, 5) is 12.4. The number of amides is 1. The Labute approximate surface area is 186 Å². The normalized spacial score (nSPS) is 12.8. The summed E-state index contributed by atoms with van der Waals surface area (Å²) in [5.41, 5.74) is 1.73. The van der Waals surface area contributed by atoms with E-state index < -0.39 is 10.0 Å². The van der Waals surface area contributed by atoms with Gasteiger partial charge in [-0.05, 0) is 55.0 Å². The molecule has 31 heavy (non-hydrogen) atoms. The van der Waals surface area contributed by atoms with Crippen molar-refractivity contribution in [3.8, 4) is 5.75 Å². The molecule has 1 amide bonds. The Kier molecular flexibility index (Phi) is 8.51. The minimum Gasteiger partial charge on any atom is -0.497 e. The van der Waals surface area contributed by atoms with E-state index in [0.717, 1.165) is 6.42 Å². The largest absolute Gasteiger partial charge is 0.497 e. The van der Waals surface area contributed by atoms with Crippen LogP contribution in [0.25, 0.3) is 0 Å². The summed E-state index contributed by atoms with van der Waals surface area (Å²) in [7, 11) is -1.89. The highest BCUT2D eigenvalue weighted by Crippen LogP contribution is 2.28. The molecule has 7 heteroatoms. The number of sulfonamides is 1. The number of ether oxygens (including phenoxy) is 1. The fourth-order valence-electron chi connectivity index (χ4n) is 3.79. The zero-order chi connectivity index (χ0) is 23.1. The predicted molar refractivity (Wildman–Crippen MR) is 126 cm³/mol. The van der Waals surface area contributed by atoms with Gasteiger partial charge in [0.25, 0.3) is 0 Å². The fraction of sp³-hybridized carbons (Fsp3) is 0.458. The first kappa shape index (κ1) is 24.7. The Morgan fingerprint density at radius 2 is 1.71 bits per heavy atom. The van der Waals surface area contributed by atoms with E-state index in [-0.39, 0.29) is 30.3 Å². The third kappa shape index (κ3) is 7.58. The third-order valence-corrected chi connectivity index (χ3v) is 6.50. The van der Waals surface area contributed by atoms with Gasteiger partial charge in [0, 0.05) is 19.0 Å². The average Bonchev–Trinajstić information content (AvgIpc) is 2.70. The molecule has 0 radical (unpaired) electrons. The Balaban J connectivity index is 1.88. The molecule has 2 aromatic carbocycles. The van der Waals surface area contributed by atoms with Crippen LogP contribution in [0.3, 0.4) is 0 Å². The number of hydrogen-bond donors (Lipinski definition) is 1. The van der Waals surface area contributed by atoms with Crippen molar-refractivity contribution in [2.75, 3.05) is 24.2 Å². The van der Waals surface area contributed by atoms with E-state index in [2.05, 4.69) is 31.3 Å². The molecule has 0 aliphatic carbocycles. The first-order valence-electron chi connectivity index (χ1n) is 10.5. The van der Waals surface area contributed by atoms with Gasteiger partial charge in [-0.25, -0.2) is 8.42 Å². The van der Waals surface area contributed by atoms with E-state index in [1.807, 2.05) is 25.1 Å². The molecule has 0 aliphatic rings. The van der Waals surface area contributed by atoms with E-state index in [9.17, 15) is 13.2 Å². The number of benzene rings is 2. The first-order valence-corrected chi connectivity index (χ1v) is 12.3. The van der Waals surface area contributed by atoms with Crippen LogP contribution in [0, 0.1) is 0 Å². The van der Waals surface area contributed by atoms with Crippen LogP contribution >= 0.6 is 0 Å². The average molecular weight is 447 g/mol. The second kappa shape index (κ2) is 10.7. The number of nitrogens with zero attached hydrogens (tertiary/aromatic N) is 1. The van der Waals surface area contributed by atoms with E-state index in [4.69, 9.17) is 4.74 Å². The minimum absolute atomic E-state index is 0.00954. The van der Waals surface area contributed by atoms with Gasteiger partial charge in [0.15, 0.2) is 0 Å². The topological polar surface area (TPSA) is 75.7 Å². The minimum atomic E-state index is -3.45. The van der Waals surface area contributed by atoms with E-state index in [1.54, 1.807) is 31.4 Å². The van der Waals surface area contributed by atoms with Crippen LogP contribution in [-0.4, -0.2) is 40.3 Å². The Morgan fingerprint density at radius 1 is 1.10 bits per heavy atom. The molecule has 0 bridgehead atoms. The lowest BCUT2D eigenvalue weighted by atomic mass is 9.79. The van der Waals surface area contributed by atoms with Gasteiger partial charge >= 0.3 is 0 Å². The van der Waals surface area contributed by atoms with Gasteiger partial charge in [-0.3, -0.25) is 9.10 Å². The maximum atomic E-state index is 12.4. The van der Waals surface area contributed by atoms with Gasteiger partial charge < -0.3 is 10.1 Å². The van der Waals surface area contributed by atoms with Crippen molar-refractivity contribution in [2.24, 2.45) is 0 Å². The fourth-order valence-corrected chi connectivity index (χ4v) is 4.75. The molecule has 1 N–H and O–H groups in total. The number of carbonyl (C=O) groups excluding carboxylic acids is 1. The number of hydrogen-bond acceptors (Lipinski definition) is 4. The molecule has 1 unspecified atom stereocenters. The second-order valence-corrected chi connectivity index (χ2v) is 10.5. The molecular formula is C24H34N2O4S. The van der Waals surface area contributed by atoms with Crippen molar-refractivity contribution in [3.05, 3.63) is 60.2 Å². The lowest BCUT2D eigenvalue weighted by Gasteiger charge is -2.29. The zero-order valence-corrected chi connectivity index (χ0v) is 19.9. The summed E-state index contributed by atoms with van der Waals surface area (Å²) in [6, 6.07) is 17.1. The van der Waals surface area contributed by atoms with Crippen LogP contribution in [0.15, 0.2) is 54.6 Å². The van der Waals surface area contributed by atoms with Crippen molar-refractivity contribution >= 4 is 21.6 Å². The van der Waals surface area contributed by atoms with Gasteiger partial charge in [-0.1, -0.05) is 44.2 Å². The Morgan fingerprint density at radius 3 is 2.26 bits per heavy atom. The van der Waals surface area contributed by atoms with E-state index in [0.29, 0.717) is 17.9 Å². The van der Waals surface area contributed by atoms with Crippen LogP contribution in [-0.2, 0) is 20.2 Å². The molecule has 6 nitrogen and oxygen atoms in total. The predicted octanol–water partition coefficient (Wildman–Crippen LogP) is 4.11. The SMILES string of the molecule is COc1ccc(N(CCCC(=O)NC(C)CC(C)(C)c2ccccc2)S(C)(=O)=O)cc1. The summed E-state index contributed by atoms with van der Waals surface area (Å²) >= 11 is 0. The molecule has 0 saturated carbocycles. The summed E-state index contributed by atoms with van der Waals surface area (Å²) in [6.45, 7) is 6.58. The van der Waals surface area contributed by atoms with E-state index in [1.165, 1.54) is 16.1 Å². The molecule has 0 fully saturated rings. The standard InChI is InChI=1S/C24H34N2O4S/c1-19(18-24(2,3)20-10-7-6-8-11-20)25-23(27)12-9-17-26(31(5,28)29)21-13-15-22(30-4)16-14-21/h6-8,10-11,13-16,19H,9,12,17-18H2,1-5H3,(H,25,27). The molecule has 0 saturated heterocycles. The highest BCUT2D eigenvalue weighted by Gasteiger charge is 2.24. The van der Waals surface area contributed by atoms with Crippen molar-refractivity contribution in [1.82, 2.24) is 5.32 Å². The van der Waals surface area contributed by atoms with Crippen LogP contribution in [0.4, 0.5) is 5.69 Å². The Hall–Kier alpha value is -2.54. The van der Waals surface area contributed by atoms with Gasteiger partial charge in [0.05, 0.1) is 19.1 Å². The molecule has 170 valence electrons. The lowest BCUT2D eigenvalue weighted by Crippen LogP contribution is -2.38. The lowest BCUT2D eigenvalue weighted by molar-refractivity contribution is -0.121. The molecule has 2 rings (SSSR count). The van der Waals surface area contributed by atoms with Crippen LogP contribution in [0.5, 0.6) is 5.75 Å². The maximum absolute atomic E-state index is 12.4. The highest BCUT2D eigenvalue weighted by molar-refractivity contribution is 7.92. The van der Waals surface area contributed by atoms with Gasteiger partial charge in [-0.2, -0.15) is 0 Å². The number of carbonyl (C=O) groups is 1. The molecule has 0 heterocycles. The summed E-state index contributed by atoms with van der Waals surface area (Å²) in [5.74, 6) is 0.587. The van der Waals surface area contributed by atoms with Gasteiger partial charge in [0.2, 0.25) is 15.9 Å². The van der Waals surface area contributed by atoms with Gasteiger partial charge in [-0.15, -0.1) is 0 Å². The molecule has 2 aromatic rings. The van der Waals surface area contributed by atoms with E-state index >= 15 is 0 Å². The summed E-state index contributed by atoms with van der Waals surface area (Å²) in [5, 5.41) is 3.05. The third-order valence-electron chi connectivity index (χ3n) is 5.30. The number of methoxy groups -OCH3 is 1. The summed E-state index contributed by atoms with van der Waals surface area (Å²) in [6.07, 6.45) is 2.67. The van der Waals surface area contributed by atoms with Crippen molar-refractivity contribution in [2.45, 2.75) is 51.5 Å². The quantitative estimate of drug-likeness (QED) is 0.564. The second-order valence-electron chi connectivity index (χ2n) is 8.56. The molecule has 0 aliphatic heterocycles. The number of anilines is 1. The maximum Gasteiger partial charge on any atom is 0.232 e. The van der Waals surface area contributed by atoms with Crippen molar-refractivity contribution < 1.29 is 17.9 Å². The Bertz CT molecular complexity index is 941. The zero-order valence-electron chi connectivity index (χ0n) is 19.1.